The molecule has 0 amide bonds. The molecule has 0 aliphatic heterocycles. The summed E-state index contributed by atoms with van der Waals surface area (Å²) < 4.78 is 4.79. The number of carbonyl (C=O) groups is 1. The first kappa shape index (κ1) is 11.7. The third-order valence-corrected chi connectivity index (χ3v) is 1.90. The first-order valence-electron chi connectivity index (χ1n) is 4.79. The molecular formula is C12H10N2O2. The van der Waals surface area contributed by atoms with Crippen molar-refractivity contribution in [2.24, 2.45) is 0 Å². The third-order valence-electron chi connectivity index (χ3n) is 1.90. The van der Waals surface area contributed by atoms with Crippen LogP contribution in [0.15, 0.2) is 18.2 Å². The number of hydrogen-bond acceptors (Lipinski definition) is 4. The summed E-state index contributed by atoms with van der Waals surface area (Å²) in [6.07, 6.45) is 0.0814. The molecule has 4 heteroatoms. The molecule has 0 radical (unpaired) electrons. The molecule has 0 atom stereocenters. The molecule has 1 aromatic rings. The fourth-order valence-corrected chi connectivity index (χ4v) is 1.30. The number of esters is 1. The van der Waals surface area contributed by atoms with E-state index in [2.05, 4.69) is 0 Å². The zero-order chi connectivity index (χ0) is 12.0. The maximum atomic E-state index is 11.2. The smallest absolute Gasteiger partial charge is 0.310 e. The molecule has 0 aliphatic rings. The van der Waals surface area contributed by atoms with Gasteiger partial charge in [0.2, 0.25) is 0 Å². The van der Waals surface area contributed by atoms with Crippen molar-refractivity contribution in [3.8, 4) is 12.1 Å². The normalized spacial score (nSPS) is 8.94. The van der Waals surface area contributed by atoms with Crippen LogP contribution in [0, 0.1) is 22.7 Å². The van der Waals surface area contributed by atoms with Crippen LogP contribution in [-0.4, -0.2) is 12.6 Å². The molecule has 0 saturated heterocycles. The van der Waals surface area contributed by atoms with Gasteiger partial charge in [0.15, 0.2) is 0 Å². The van der Waals surface area contributed by atoms with E-state index in [4.69, 9.17) is 15.3 Å². The number of hydrogen-bond donors (Lipinski definition) is 0. The van der Waals surface area contributed by atoms with Gasteiger partial charge in [-0.3, -0.25) is 4.79 Å². The van der Waals surface area contributed by atoms with E-state index in [-0.39, 0.29) is 12.4 Å². The molecule has 0 spiro atoms. The Balaban J connectivity index is 2.93. The number of nitriles is 2. The van der Waals surface area contributed by atoms with Crippen molar-refractivity contribution in [3.05, 3.63) is 34.9 Å². The van der Waals surface area contributed by atoms with Crippen LogP contribution in [0.3, 0.4) is 0 Å². The van der Waals surface area contributed by atoms with E-state index in [1.807, 2.05) is 12.1 Å². The van der Waals surface area contributed by atoms with Crippen molar-refractivity contribution in [2.75, 3.05) is 6.61 Å². The second-order valence-corrected chi connectivity index (χ2v) is 3.12. The van der Waals surface area contributed by atoms with Crippen LogP contribution in [0.4, 0.5) is 0 Å². The molecule has 0 saturated carbocycles. The van der Waals surface area contributed by atoms with E-state index in [1.54, 1.807) is 19.1 Å². The van der Waals surface area contributed by atoms with Gasteiger partial charge in [-0.2, -0.15) is 10.5 Å². The van der Waals surface area contributed by atoms with Crippen molar-refractivity contribution in [1.29, 1.82) is 10.5 Å². The van der Waals surface area contributed by atoms with E-state index in [1.165, 1.54) is 6.07 Å². The first-order chi connectivity index (χ1) is 7.69. The largest absolute Gasteiger partial charge is 0.466 e. The highest BCUT2D eigenvalue weighted by Crippen LogP contribution is 2.10. The molecule has 16 heavy (non-hydrogen) atoms. The average molecular weight is 214 g/mol. The van der Waals surface area contributed by atoms with Crippen molar-refractivity contribution in [2.45, 2.75) is 13.3 Å². The fraction of sp³-hybridized carbons (Fsp3) is 0.250. The monoisotopic (exact) mass is 214 g/mol. The van der Waals surface area contributed by atoms with Gasteiger partial charge in [0.05, 0.1) is 36.3 Å². The second-order valence-electron chi connectivity index (χ2n) is 3.12. The summed E-state index contributed by atoms with van der Waals surface area (Å²) >= 11 is 0. The molecule has 0 bridgehead atoms. The predicted octanol–water partition coefficient (Wildman–Crippen LogP) is 1.54. The molecule has 0 N–H and O–H groups in total. The summed E-state index contributed by atoms with van der Waals surface area (Å²) in [5.41, 5.74) is 1.37. The van der Waals surface area contributed by atoms with Crippen LogP contribution in [0.25, 0.3) is 0 Å². The molecule has 0 aromatic heterocycles. The van der Waals surface area contributed by atoms with Gasteiger partial charge in [-0.05, 0) is 30.7 Å². The molecule has 1 aromatic carbocycles. The van der Waals surface area contributed by atoms with Gasteiger partial charge >= 0.3 is 5.97 Å². The van der Waals surface area contributed by atoms with Gasteiger partial charge in [0.25, 0.3) is 0 Å². The van der Waals surface area contributed by atoms with E-state index >= 15 is 0 Å². The minimum absolute atomic E-state index is 0.0814. The van der Waals surface area contributed by atoms with E-state index < -0.39 is 0 Å². The third kappa shape index (κ3) is 3.11. The van der Waals surface area contributed by atoms with Crippen LogP contribution in [0.5, 0.6) is 0 Å². The van der Waals surface area contributed by atoms with Gasteiger partial charge in [0.1, 0.15) is 0 Å². The Bertz CT molecular complexity index is 449. The summed E-state index contributed by atoms with van der Waals surface area (Å²) in [5, 5.41) is 17.5. The van der Waals surface area contributed by atoms with Crippen molar-refractivity contribution in [1.82, 2.24) is 0 Å². The fourth-order valence-electron chi connectivity index (χ4n) is 1.30. The lowest BCUT2D eigenvalue weighted by molar-refractivity contribution is -0.142. The molecule has 4 nitrogen and oxygen atoms in total. The minimum atomic E-state index is -0.360. The van der Waals surface area contributed by atoms with Gasteiger partial charge < -0.3 is 4.74 Å². The number of benzene rings is 1. The molecule has 0 aliphatic carbocycles. The Morgan fingerprint density at radius 2 is 1.81 bits per heavy atom. The zero-order valence-electron chi connectivity index (χ0n) is 8.86. The minimum Gasteiger partial charge on any atom is -0.466 e. The van der Waals surface area contributed by atoms with Crippen molar-refractivity contribution in [3.63, 3.8) is 0 Å². The second kappa shape index (κ2) is 5.53. The molecule has 0 heterocycles. The standard InChI is InChI=1S/C12H10N2O2/c1-2-16-12(15)6-9-3-10(7-13)5-11(4-9)8-14/h3-5H,2,6H2,1H3. The molecule has 1 rings (SSSR count). The maximum absolute atomic E-state index is 11.2. The molecule has 0 fully saturated rings. The molecule has 80 valence electrons. The molecular weight excluding hydrogens is 204 g/mol. The Labute approximate surface area is 93.7 Å². The Morgan fingerprint density at radius 1 is 1.25 bits per heavy atom. The summed E-state index contributed by atoms with van der Waals surface area (Å²) in [5.74, 6) is -0.360. The lowest BCUT2D eigenvalue weighted by Crippen LogP contribution is -2.07. The average Bonchev–Trinajstić information content (AvgIpc) is 2.28. The van der Waals surface area contributed by atoms with Crippen LogP contribution in [-0.2, 0) is 16.0 Å². The highest BCUT2D eigenvalue weighted by Gasteiger charge is 2.06. The topological polar surface area (TPSA) is 73.9 Å². The van der Waals surface area contributed by atoms with Gasteiger partial charge in [0, 0.05) is 0 Å². The van der Waals surface area contributed by atoms with Crippen LogP contribution < -0.4 is 0 Å². The van der Waals surface area contributed by atoms with Gasteiger partial charge in [-0.15, -0.1) is 0 Å². The number of rotatable bonds is 3. The quantitative estimate of drug-likeness (QED) is 0.715. The van der Waals surface area contributed by atoms with Crippen molar-refractivity contribution < 1.29 is 9.53 Å². The van der Waals surface area contributed by atoms with Gasteiger partial charge in [-0.25, -0.2) is 0 Å². The summed E-state index contributed by atoms with van der Waals surface area (Å²) in [6, 6.07) is 8.53. The Hall–Kier alpha value is -2.33. The highest BCUT2D eigenvalue weighted by molar-refractivity contribution is 5.73. The Morgan fingerprint density at radius 3 is 2.25 bits per heavy atom. The first-order valence-corrected chi connectivity index (χ1v) is 4.79. The van der Waals surface area contributed by atoms with E-state index in [0.717, 1.165) is 0 Å². The summed E-state index contributed by atoms with van der Waals surface area (Å²) in [4.78, 5) is 11.2. The van der Waals surface area contributed by atoms with Crippen LogP contribution >= 0.6 is 0 Å². The van der Waals surface area contributed by atoms with Crippen LogP contribution in [0.2, 0.25) is 0 Å². The number of ether oxygens (including phenoxy) is 1. The molecule has 0 unspecified atom stereocenters. The lowest BCUT2D eigenvalue weighted by Gasteiger charge is -2.02. The summed E-state index contributed by atoms with van der Waals surface area (Å²) in [7, 11) is 0. The highest BCUT2D eigenvalue weighted by atomic mass is 16.5. The maximum Gasteiger partial charge on any atom is 0.310 e. The number of carbonyl (C=O) groups excluding carboxylic acids is 1. The number of nitrogens with zero attached hydrogens (tertiary/aromatic N) is 2. The van der Waals surface area contributed by atoms with E-state index in [0.29, 0.717) is 23.3 Å². The predicted molar refractivity (Wildman–Crippen MR) is 56.2 cm³/mol. The van der Waals surface area contributed by atoms with Gasteiger partial charge in [-0.1, -0.05) is 0 Å². The Kier molecular flexibility index (Phi) is 4.06. The SMILES string of the molecule is CCOC(=O)Cc1cc(C#N)cc(C#N)c1. The van der Waals surface area contributed by atoms with E-state index in [9.17, 15) is 4.79 Å². The lowest BCUT2D eigenvalue weighted by atomic mass is 10.0. The van der Waals surface area contributed by atoms with Crippen molar-refractivity contribution >= 4 is 5.97 Å². The van der Waals surface area contributed by atoms with Crippen LogP contribution in [0.1, 0.15) is 23.6 Å². The zero-order valence-corrected chi connectivity index (χ0v) is 8.86. The summed E-state index contributed by atoms with van der Waals surface area (Å²) in [6.45, 7) is 2.05.